The van der Waals surface area contributed by atoms with Crippen LogP contribution in [-0.4, -0.2) is 33.0 Å². The molecule has 0 aliphatic heterocycles. The highest BCUT2D eigenvalue weighted by atomic mass is 79.9. The third kappa shape index (κ3) is 6.18. The Morgan fingerprint density at radius 1 is 1.00 bits per heavy atom. The van der Waals surface area contributed by atoms with Crippen molar-refractivity contribution < 1.29 is 9.53 Å². The van der Waals surface area contributed by atoms with Gasteiger partial charge in [0.25, 0.3) is 0 Å². The van der Waals surface area contributed by atoms with Crippen LogP contribution < -0.4 is 15.4 Å². The summed E-state index contributed by atoms with van der Waals surface area (Å²) in [5.74, 6) is 1.67. The predicted octanol–water partition coefficient (Wildman–Crippen LogP) is 5.77. The second-order valence-electron chi connectivity index (χ2n) is 7.20. The Morgan fingerprint density at radius 2 is 1.74 bits per heavy atom. The van der Waals surface area contributed by atoms with Crippen molar-refractivity contribution in [2.75, 3.05) is 23.0 Å². The van der Waals surface area contributed by atoms with Crippen molar-refractivity contribution in [2.45, 2.75) is 18.6 Å². The summed E-state index contributed by atoms with van der Waals surface area (Å²) >= 11 is 4.80. The van der Waals surface area contributed by atoms with Gasteiger partial charge in [0.05, 0.1) is 24.6 Å². The summed E-state index contributed by atoms with van der Waals surface area (Å²) in [5, 5.41) is 15.7. The van der Waals surface area contributed by atoms with E-state index in [1.54, 1.807) is 0 Å². The van der Waals surface area contributed by atoms with E-state index in [1.807, 2.05) is 90.4 Å². The SMILES string of the molecule is CCOc1ccc(NCc2nnc(SCC(=O)Nc3ccccc3Br)n2-c2ccccc2)cc1. The molecule has 0 bridgehead atoms. The molecule has 3 aromatic carbocycles. The summed E-state index contributed by atoms with van der Waals surface area (Å²) in [7, 11) is 0. The molecule has 0 radical (unpaired) electrons. The molecule has 1 heterocycles. The van der Waals surface area contributed by atoms with E-state index in [2.05, 4.69) is 36.8 Å². The zero-order valence-corrected chi connectivity index (χ0v) is 21.0. The molecular weight excluding hydrogens is 514 g/mol. The summed E-state index contributed by atoms with van der Waals surface area (Å²) in [6.45, 7) is 3.07. The van der Waals surface area contributed by atoms with Gasteiger partial charge in [-0.2, -0.15) is 0 Å². The Balaban J connectivity index is 1.47. The van der Waals surface area contributed by atoms with Gasteiger partial charge in [-0.1, -0.05) is 42.1 Å². The first-order valence-electron chi connectivity index (χ1n) is 10.8. The number of carbonyl (C=O) groups excluding carboxylic acids is 1. The minimum Gasteiger partial charge on any atom is -0.494 e. The fourth-order valence-corrected chi connectivity index (χ4v) is 4.40. The Kier molecular flexibility index (Phi) is 8.21. The molecule has 0 unspecified atom stereocenters. The number of thioether (sulfide) groups is 1. The van der Waals surface area contributed by atoms with E-state index in [9.17, 15) is 4.79 Å². The number of para-hydroxylation sites is 2. The van der Waals surface area contributed by atoms with Crippen LogP contribution in [0.15, 0.2) is 88.5 Å². The number of nitrogens with zero attached hydrogens (tertiary/aromatic N) is 3. The van der Waals surface area contributed by atoms with Gasteiger partial charge in [0.1, 0.15) is 5.75 Å². The third-order valence-corrected chi connectivity index (χ3v) is 6.43. The molecule has 0 aliphatic rings. The number of hydrogen-bond acceptors (Lipinski definition) is 6. The molecule has 4 rings (SSSR count). The molecule has 0 atom stereocenters. The maximum Gasteiger partial charge on any atom is 0.234 e. The maximum atomic E-state index is 12.5. The van der Waals surface area contributed by atoms with Crippen LogP contribution in [0.3, 0.4) is 0 Å². The molecule has 1 aromatic heterocycles. The second kappa shape index (κ2) is 11.7. The Labute approximate surface area is 211 Å². The molecule has 4 aromatic rings. The minimum atomic E-state index is -0.117. The first-order valence-corrected chi connectivity index (χ1v) is 12.6. The summed E-state index contributed by atoms with van der Waals surface area (Å²) in [5.41, 5.74) is 2.62. The van der Waals surface area contributed by atoms with Crippen LogP contribution in [0.1, 0.15) is 12.7 Å². The first kappa shape index (κ1) is 23.8. The Morgan fingerprint density at radius 3 is 2.47 bits per heavy atom. The summed E-state index contributed by atoms with van der Waals surface area (Å²) in [4.78, 5) is 12.5. The van der Waals surface area contributed by atoms with E-state index < -0.39 is 0 Å². The van der Waals surface area contributed by atoms with E-state index >= 15 is 0 Å². The lowest BCUT2D eigenvalue weighted by atomic mass is 10.3. The lowest BCUT2D eigenvalue weighted by Crippen LogP contribution is -2.15. The topological polar surface area (TPSA) is 81.1 Å². The number of aromatic nitrogens is 3. The van der Waals surface area contributed by atoms with Gasteiger partial charge in [0.2, 0.25) is 5.91 Å². The van der Waals surface area contributed by atoms with Gasteiger partial charge in [0.15, 0.2) is 11.0 Å². The van der Waals surface area contributed by atoms with Gasteiger partial charge < -0.3 is 15.4 Å². The number of ether oxygens (including phenoxy) is 1. The number of nitrogens with one attached hydrogen (secondary N) is 2. The van der Waals surface area contributed by atoms with Gasteiger partial charge in [-0.25, -0.2) is 0 Å². The minimum absolute atomic E-state index is 0.117. The van der Waals surface area contributed by atoms with Crippen LogP contribution in [-0.2, 0) is 11.3 Å². The Hall–Kier alpha value is -3.30. The molecule has 0 saturated carbocycles. The number of anilines is 2. The number of hydrogen-bond donors (Lipinski definition) is 2. The van der Waals surface area contributed by atoms with E-state index in [0.717, 1.165) is 33.1 Å². The van der Waals surface area contributed by atoms with Gasteiger partial charge in [-0.05, 0) is 71.4 Å². The highest BCUT2D eigenvalue weighted by Gasteiger charge is 2.16. The molecule has 1 amide bonds. The standard InChI is InChI=1S/C25H24BrN5O2S/c1-2-33-20-14-12-18(13-15-20)27-16-23-29-30-25(31(23)19-8-4-3-5-9-19)34-17-24(32)28-22-11-7-6-10-21(22)26/h3-15,27H,2,16-17H2,1H3,(H,28,32). The van der Waals surface area contributed by atoms with Crippen molar-refractivity contribution in [3.05, 3.63) is 89.2 Å². The van der Waals surface area contributed by atoms with Crippen LogP contribution in [0.4, 0.5) is 11.4 Å². The number of halogens is 1. The predicted molar refractivity (Wildman–Crippen MR) is 140 cm³/mol. The van der Waals surface area contributed by atoms with Gasteiger partial charge in [0, 0.05) is 15.8 Å². The van der Waals surface area contributed by atoms with Crippen LogP contribution in [0, 0.1) is 0 Å². The molecule has 34 heavy (non-hydrogen) atoms. The van der Waals surface area contributed by atoms with Crippen molar-refractivity contribution >= 4 is 45.0 Å². The normalized spacial score (nSPS) is 10.6. The molecule has 7 nitrogen and oxygen atoms in total. The first-order chi connectivity index (χ1) is 16.6. The smallest absolute Gasteiger partial charge is 0.234 e. The third-order valence-electron chi connectivity index (χ3n) is 4.81. The van der Waals surface area contributed by atoms with E-state index in [4.69, 9.17) is 4.74 Å². The van der Waals surface area contributed by atoms with E-state index in [1.165, 1.54) is 11.8 Å². The highest BCUT2D eigenvalue weighted by molar-refractivity contribution is 9.10. The molecule has 0 aliphatic carbocycles. The fraction of sp³-hybridized carbons (Fsp3) is 0.160. The van der Waals surface area contributed by atoms with Crippen LogP contribution in [0.2, 0.25) is 0 Å². The van der Waals surface area contributed by atoms with E-state index in [0.29, 0.717) is 18.3 Å². The number of carbonyl (C=O) groups is 1. The molecule has 9 heteroatoms. The molecule has 0 spiro atoms. The fourth-order valence-electron chi connectivity index (χ4n) is 3.24. The maximum absolute atomic E-state index is 12.5. The lowest BCUT2D eigenvalue weighted by molar-refractivity contribution is -0.113. The quantitative estimate of drug-likeness (QED) is 0.250. The van der Waals surface area contributed by atoms with Gasteiger partial charge in [-0.15, -0.1) is 10.2 Å². The largest absolute Gasteiger partial charge is 0.494 e. The molecule has 0 fully saturated rings. The van der Waals surface area contributed by atoms with E-state index in [-0.39, 0.29) is 11.7 Å². The zero-order chi connectivity index (χ0) is 23.8. The number of benzene rings is 3. The number of amides is 1. The number of rotatable bonds is 10. The monoisotopic (exact) mass is 537 g/mol. The van der Waals surface area contributed by atoms with Crippen molar-refractivity contribution in [3.63, 3.8) is 0 Å². The van der Waals surface area contributed by atoms with Gasteiger partial charge in [-0.3, -0.25) is 9.36 Å². The summed E-state index contributed by atoms with van der Waals surface area (Å²) < 4.78 is 8.31. The summed E-state index contributed by atoms with van der Waals surface area (Å²) in [6, 6.07) is 25.2. The van der Waals surface area contributed by atoms with Crippen molar-refractivity contribution in [1.29, 1.82) is 0 Å². The summed E-state index contributed by atoms with van der Waals surface area (Å²) in [6.07, 6.45) is 0. The zero-order valence-electron chi connectivity index (χ0n) is 18.6. The van der Waals surface area contributed by atoms with Gasteiger partial charge >= 0.3 is 0 Å². The average Bonchev–Trinajstić information content (AvgIpc) is 3.27. The van der Waals surface area contributed by atoms with Crippen LogP contribution in [0.5, 0.6) is 5.75 Å². The second-order valence-corrected chi connectivity index (χ2v) is 8.99. The molecule has 2 N–H and O–H groups in total. The van der Waals surface area contributed by atoms with Crippen molar-refractivity contribution in [2.24, 2.45) is 0 Å². The molecule has 174 valence electrons. The highest BCUT2D eigenvalue weighted by Crippen LogP contribution is 2.25. The van der Waals surface area contributed by atoms with Crippen LogP contribution >= 0.6 is 27.7 Å². The van der Waals surface area contributed by atoms with Crippen molar-refractivity contribution in [1.82, 2.24) is 14.8 Å². The molecule has 0 saturated heterocycles. The Bertz CT molecular complexity index is 1230. The average molecular weight is 538 g/mol. The van der Waals surface area contributed by atoms with Crippen molar-refractivity contribution in [3.8, 4) is 11.4 Å². The van der Waals surface area contributed by atoms with Crippen LogP contribution in [0.25, 0.3) is 5.69 Å². The molecular formula is C25H24BrN5O2S. The lowest BCUT2D eigenvalue weighted by Gasteiger charge is -2.12.